The predicted octanol–water partition coefficient (Wildman–Crippen LogP) is 6.81. The Morgan fingerprint density at radius 1 is 0.885 bits per heavy atom. The second-order valence-corrected chi connectivity index (χ2v) is 7.87. The average molecular weight is 341 g/mol. The van der Waals surface area contributed by atoms with Gasteiger partial charge in [0, 0.05) is 11.8 Å². The lowest BCUT2D eigenvalue weighted by atomic mass is 9.96. The summed E-state index contributed by atoms with van der Waals surface area (Å²) in [4.78, 5) is 4.63. The molecule has 1 nitrogen and oxygen atoms in total. The molecule has 26 heavy (non-hydrogen) atoms. The van der Waals surface area contributed by atoms with Crippen LogP contribution >= 0.6 is 0 Å². The van der Waals surface area contributed by atoms with E-state index in [9.17, 15) is 0 Å². The summed E-state index contributed by atoms with van der Waals surface area (Å²) in [5, 5.41) is 0. The minimum atomic E-state index is 0.379. The maximum absolute atomic E-state index is 4.63. The number of unbranched alkanes of at least 4 members (excludes halogenated alkanes) is 1. The molecule has 0 bridgehead atoms. The summed E-state index contributed by atoms with van der Waals surface area (Å²) in [5.41, 5.74) is 8.04. The normalized spacial score (nSPS) is 15.0. The molecule has 0 spiro atoms. The van der Waals surface area contributed by atoms with Gasteiger partial charge in [-0.05, 0) is 71.6 Å². The van der Waals surface area contributed by atoms with Crippen molar-refractivity contribution in [2.24, 2.45) is 0 Å². The Kier molecular flexibility index (Phi) is 4.63. The second-order valence-electron chi connectivity index (χ2n) is 7.87. The van der Waals surface area contributed by atoms with Gasteiger partial charge >= 0.3 is 0 Å². The largest absolute Gasteiger partial charge is 0.256 e. The Hall–Kier alpha value is -2.41. The van der Waals surface area contributed by atoms with Crippen molar-refractivity contribution in [1.82, 2.24) is 4.98 Å². The van der Waals surface area contributed by atoms with E-state index in [4.69, 9.17) is 0 Å². The Labute approximate surface area is 157 Å². The van der Waals surface area contributed by atoms with Crippen molar-refractivity contribution in [2.75, 3.05) is 0 Å². The maximum atomic E-state index is 4.63. The maximum Gasteiger partial charge on any atom is 0.0705 e. The van der Waals surface area contributed by atoms with E-state index >= 15 is 0 Å². The van der Waals surface area contributed by atoms with Gasteiger partial charge in [0.2, 0.25) is 0 Å². The molecule has 4 rings (SSSR count). The van der Waals surface area contributed by atoms with Crippen LogP contribution in [0.1, 0.15) is 50.7 Å². The third-order valence-electron chi connectivity index (χ3n) is 5.72. The Bertz CT molecular complexity index is 888. The first-order valence-electron chi connectivity index (χ1n) is 9.84. The molecule has 0 atom stereocenters. The molecule has 1 aromatic heterocycles. The smallest absolute Gasteiger partial charge is 0.0705 e. The minimum Gasteiger partial charge on any atom is -0.256 e. The van der Waals surface area contributed by atoms with Crippen LogP contribution in [-0.4, -0.2) is 4.98 Å². The molecule has 1 heterocycles. The van der Waals surface area contributed by atoms with E-state index < -0.39 is 0 Å². The number of pyridine rings is 1. The SMILES string of the molecule is CCCCc1ccc(-c2cccc(-c3cc(C4(C)CC4)ccn3)c2)cc1. The average Bonchev–Trinajstić information content (AvgIpc) is 3.46. The standard InChI is InChI=1S/C25H27N/c1-3-4-6-19-9-11-20(12-10-19)21-7-5-8-22(17-21)24-18-23(13-16-26-24)25(2)14-15-25/h5,7-13,16-18H,3-4,6,14-15H2,1-2H3. The highest BCUT2D eigenvalue weighted by atomic mass is 14.7. The van der Waals surface area contributed by atoms with Gasteiger partial charge in [-0.2, -0.15) is 0 Å². The molecule has 0 amide bonds. The van der Waals surface area contributed by atoms with Gasteiger partial charge in [-0.25, -0.2) is 0 Å². The first kappa shape index (κ1) is 17.0. The van der Waals surface area contributed by atoms with Crippen LogP contribution < -0.4 is 0 Å². The van der Waals surface area contributed by atoms with Gasteiger partial charge in [-0.15, -0.1) is 0 Å². The van der Waals surface area contributed by atoms with Crippen LogP contribution in [0.4, 0.5) is 0 Å². The number of benzene rings is 2. The number of rotatable bonds is 6. The van der Waals surface area contributed by atoms with Crippen LogP contribution in [0.15, 0.2) is 66.9 Å². The summed E-state index contributed by atoms with van der Waals surface area (Å²) < 4.78 is 0. The number of hydrogen-bond donors (Lipinski definition) is 0. The highest BCUT2D eigenvalue weighted by Gasteiger charge is 2.39. The molecule has 1 aliphatic rings. The van der Waals surface area contributed by atoms with Crippen molar-refractivity contribution < 1.29 is 0 Å². The fourth-order valence-corrected chi connectivity index (χ4v) is 3.54. The van der Waals surface area contributed by atoms with E-state index in [-0.39, 0.29) is 0 Å². The van der Waals surface area contributed by atoms with Crippen molar-refractivity contribution >= 4 is 0 Å². The molecule has 2 aromatic carbocycles. The molecular weight excluding hydrogens is 314 g/mol. The highest BCUT2D eigenvalue weighted by Crippen LogP contribution is 2.47. The summed E-state index contributed by atoms with van der Waals surface area (Å²) in [6.07, 6.45) is 8.22. The third kappa shape index (κ3) is 3.58. The van der Waals surface area contributed by atoms with Crippen molar-refractivity contribution in [3.8, 4) is 22.4 Å². The van der Waals surface area contributed by atoms with Gasteiger partial charge < -0.3 is 0 Å². The fraction of sp³-hybridized carbons (Fsp3) is 0.320. The van der Waals surface area contributed by atoms with Crippen LogP contribution in [0.2, 0.25) is 0 Å². The quantitative estimate of drug-likeness (QED) is 0.480. The Balaban J connectivity index is 1.61. The monoisotopic (exact) mass is 341 g/mol. The highest BCUT2D eigenvalue weighted by molar-refractivity contribution is 5.71. The van der Waals surface area contributed by atoms with Gasteiger partial charge in [-0.3, -0.25) is 4.98 Å². The Morgan fingerprint density at radius 2 is 1.65 bits per heavy atom. The lowest BCUT2D eigenvalue weighted by Gasteiger charge is -2.11. The van der Waals surface area contributed by atoms with Crippen molar-refractivity contribution in [3.63, 3.8) is 0 Å². The molecule has 1 heteroatoms. The molecule has 132 valence electrons. The number of aryl methyl sites for hydroxylation is 1. The fourth-order valence-electron chi connectivity index (χ4n) is 3.54. The van der Waals surface area contributed by atoms with E-state index in [1.807, 2.05) is 6.20 Å². The molecule has 0 N–H and O–H groups in total. The van der Waals surface area contributed by atoms with Crippen LogP contribution in [-0.2, 0) is 11.8 Å². The molecular formula is C25H27N. The van der Waals surface area contributed by atoms with Gasteiger partial charge in [0.15, 0.2) is 0 Å². The number of hydrogen-bond acceptors (Lipinski definition) is 1. The second kappa shape index (κ2) is 7.07. The molecule has 0 aliphatic heterocycles. The first-order chi connectivity index (χ1) is 12.7. The Morgan fingerprint density at radius 3 is 2.38 bits per heavy atom. The van der Waals surface area contributed by atoms with Crippen LogP contribution in [0.5, 0.6) is 0 Å². The molecule has 1 saturated carbocycles. The summed E-state index contributed by atoms with van der Waals surface area (Å²) >= 11 is 0. The van der Waals surface area contributed by atoms with E-state index in [2.05, 4.69) is 79.5 Å². The topological polar surface area (TPSA) is 12.9 Å². The first-order valence-corrected chi connectivity index (χ1v) is 9.84. The van der Waals surface area contributed by atoms with Crippen LogP contribution in [0.25, 0.3) is 22.4 Å². The molecule has 0 saturated heterocycles. The number of nitrogens with zero attached hydrogens (tertiary/aromatic N) is 1. The van der Waals surface area contributed by atoms with Crippen molar-refractivity contribution in [1.29, 1.82) is 0 Å². The molecule has 1 fully saturated rings. The van der Waals surface area contributed by atoms with E-state index in [1.54, 1.807) is 0 Å². The summed E-state index contributed by atoms with van der Waals surface area (Å²) in [7, 11) is 0. The van der Waals surface area contributed by atoms with Gasteiger partial charge in [-0.1, -0.05) is 62.7 Å². The molecule has 3 aromatic rings. The molecule has 0 radical (unpaired) electrons. The summed E-state index contributed by atoms with van der Waals surface area (Å²) in [6.45, 7) is 4.59. The third-order valence-corrected chi connectivity index (χ3v) is 5.72. The van der Waals surface area contributed by atoms with E-state index in [0.717, 1.165) is 5.69 Å². The predicted molar refractivity (Wildman–Crippen MR) is 110 cm³/mol. The van der Waals surface area contributed by atoms with Crippen molar-refractivity contribution in [3.05, 3.63) is 78.0 Å². The zero-order valence-electron chi connectivity index (χ0n) is 15.8. The minimum absolute atomic E-state index is 0.379. The van der Waals surface area contributed by atoms with E-state index in [0.29, 0.717) is 5.41 Å². The van der Waals surface area contributed by atoms with Gasteiger partial charge in [0.1, 0.15) is 0 Å². The molecule has 0 unspecified atom stereocenters. The summed E-state index contributed by atoms with van der Waals surface area (Å²) in [6, 6.07) is 22.3. The van der Waals surface area contributed by atoms with Crippen molar-refractivity contribution in [2.45, 2.75) is 51.4 Å². The van der Waals surface area contributed by atoms with Gasteiger partial charge in [0.05, 0.1) is 5.69 Å². The lowest BCUT2D eigenvalue weighted by molar-refractivity contribution is 0.786. The van der Waals surface area contributed by atoms with Gasteiger partial charge in [0.25, 0.3) is 0 Å². The summed E-state index contributed by atoms with van der Waals surface area (Å²) in [5.74, 6) is 0. The molecule has 1 aliphatic carbocycles. The lowest BCUT2D eigenvalue weighted by Crippen LogP contribution is -2.00. The van der Waals surface area contributed by atoms with Crippen LogP contribution in [0, 0.1) is 0 Å². The van der Waals surface area contributed by atoms with Crippen LogP contribution in [0.3, 0.4) is 0 Å². The number of aromatic nitrogens is 1. The zero-order chi connectivity index (χ0) is 18.0. The zero-order valence-corrected chi connectivity index (χ0v) is 15.8. The van der Waals surface area contributed by atoms with E-state index in [1.165, 1.54) is 59.9 Å².